The average molecular weight is 382 g/mol. The lowest BCUT2D eigenvalue weighted by molar-refractivity contribution is -0.384. The third-order valence-electron chi connectivity index (χ3n) is 4.00. The number of hydrogen-bond acceptors (Lipinski definition) is 5. The van der Waals surface area contributed by atoms with Gasteiger partial charge < -0.3 is 5.32 Å². The second-order valence-corrected chi connectivity index (χ2v) is 5.97. The van der Waals surface area contributed by atoms with Gasteiger partial charge in [-0.25, -0.2) is 9.07 Å². The molecule has 1 N–H and O–H groups in total. The van der Waals surface area contributed by atoms with Crippen LogP contribution in [0.25, 0.3) is 5.69 Å². The van der Waals surface area contributed by atoms with E-state index in [1.54, 1.807) is 13.0 Å². The molecule has 0 unspecified atom stereocenters. The molecule has 1 heterocycles. The van der Waals surface area contributed by atoms with Gasteiger partial charge in [0.15, 0.2) is 5.69 Å². The number of nitro groups is 1. The number of nitro benzene ring substituents is 1. The van der Waals surface area contributed by atoms with Crippen LogP contribution in [0.1, 0.15) is 21.7 Å². The maximum absolute atomic E-state index is 12.9. The van der Waals surface area contributed by atoms with E-state index < -0.39 is 27.8 Å². The lowest BCUT2D eigenvalue weighted by atomic mass is 10.2. The summed E-state index contributed by atoms with van der Waals surface area (Å²) in [5.41, 5.74) is -0.0953. The first-order chi connectivity index (χ1) is 13.4. The maximum atomic E-state index is 12.9. The number of para-hydroxylation sites is 2. The van der Waals surface area contributed by atoms with Gasteiger partial charge >= 0.3 is 0 Å². The summed E-state index contributed by atoms with van der Waals surface area (Å²) in [5.74, 6) is -1.13. The molecule has 0 aliphatic heterocycles. The molecule has 0 aliphatic carbocycles. The third-order valence-corrected chi connectivity index (χ3v) is 4.00. The monoisotopic (exact) mass is 382 g/mol. The Morgan fingerprint density at radius 2 is 1.89 bits per heavy atom. The van der Waals surface area contributed by atoms with E-state index >= 15 is 0 Å². The molecule has 142 valence electrons. The zero-order valence-electron chi connectivity index (χ0n) is 14.8. The normalized spacial score (nSPS) is 10.5. The predicted molar refractivity (Wildman–Crippen MR) is 98.8 cm³/mol. The highest BCUT2D eigenvalue weighted by Crippen LogP contribution is 2.22. The minimum atomic E-state index is -0.735. The third kappa shape index (κ3) is 3.93. The Morgan fingerprint density at radius 3 is 2.57 bits per heavy atom. The highest BCUT2D eigenvalue weighted by molar-refractivity contribution is 5.92. The largest absolute Gasteiger partial charge is 0.346 e. The standard InChI is InChI=1S/C19H15FN4O4/c1-12-10-17(25)18(19(26)21-11-13-6-8-14(20)9-7-13)22-23(12)15-4-2-3-5-16(15)24(27)28/h2-10H,11H2,1H3,(H,21,26). The minimum absolute atomic E-state index is 0.0690. The molecule has 9 heteroatoms. The molecule has 0 bridgehead atoms. The van der Waals surface area contributed by atoms with Crippen LogP contribution in [-0.2, 0) is 6.54 Å². The molecular weight excluding hydrogens is 367 g/mol. The molecule has 0 aliphatic rings. The van der Waals surface area contributed by atoms with Crippen LogP contribution in [0.4, 0.5) is 10.1 Å². The topological polar surface area (TPSA) is 107 Å². The SMILES string of the molecule is Cc1cc(=O)c(C(=O)NCc2ccc(F)cc2)nn1-c1ccccc1[N+](=O)[O-]. The summed E-state index contributed by atoms with van der Waals surface area (Å²) in [4.78, 5) is 35.3. The van der Waals surface area contributed by atoms with E-state index in [0.717, 1.165) is 0 Å². The quantitative estimate of drug-likeness (QED) is 0.539. The molecule has 3 aromatic rings. The first kappa shape index (κ1) is 18.9. The fourth-order valence-electron chi connectivity index (χ4n) is 2.61. The fraction of sp³-hybridized carbons (Fsp3) is 0.105. The average Bonchev–Trinajstić information content (AvgIpc) is 2.67. The minimum Gasteiger partial charge on any atom is -0.346 e. The van der Waals surface area contributed by atoms with Crippen molar-refractivity contribution in [3.05, 3.63) is 97.7 Å². The lowest BCUT2D eigenvalue weighted by Crippen LogP contribution is -2.31. The number of benzene rings is 2. The molecule has 1 amide bonds. The van der Waals surface area contributed by atoms with E-state index in [2.05, 4.69) is 10.4 Å². The second kappa shape index (κ2) is 7.78. The van der Waals surface area contributed by atoms with Crippen molar-refractivity contribution in [3.63, 3.8) is 0 Å². The Labute approximate surface area is 158 Å². The van der Waals surface area contributed by atoms with Gasteiger partial charge in [0, 0.05) is 24.4 Å². The molecule has 0 saturated carbocycles. The van der Waals surface area contributed by atoms with E-state index in [9.17, 15) is 24.1 Å². The van der Waals surface area contributed by atoms with Crippen molar-refractivity contribution < 1.29 is 14.1 Å². The number of rotatable bonds is 5. The highest BCUT2D eigenvalue weighted by atomic mass is 19.1. The number of carbonyl (C=O) groups is 1. The summed E-state index contributed by atoms with van der Waals surface area (Å²) in [6.45, 7) is 1.63. The number of nitrogens with zero attached hydrogens (tertiary/aromatic N) is 3. The Bertz CT molecular complexity index is 1110. The Hall–Kier alpha value is -3.88. The molecule has 1 aromatic heterocycles. The van der Waals surface area contributed by atoms with E-state index in [-0.39, 0.29) is 17.9 Å². The van der Waals surface area contributed by atoms with Gasteiger partial charge in [-0.2, -0.15) is 5.10 Å². The number of nitrogens with one attached hydrogen (secondary N) is 1. The molecule has 0 saturated heterocycles. The number of halogens is 1. The first-order valence-electron chi connectivity index (χ1n) is 8.24. The molecule has 0 spiro atoms. The van der Waals surface area contributed by atoms with Crippen LogP contribution in [-0.4, -0.2) is 20.6 Å². The number of aromatic nitrogens is 2. The first-order valence-corrected chi connectivity index (χ1v) is 8.24. The van der Waals surface area contributed by atoms with E-state index in [0.29, 0.717) is 11.3 Å². The van der Waals surface area contributed by atoms with Gasteiger partial charge in [-0.3, -0.25) is 19.7 Å². The summed E-state index contributed by atoms with van der Waals surface area (Å²) >= 11 is 0. The highest BCUT2D eigenvalue weighted by Gasteiger charge is 2.20. The van der Waals surface area contributed by atoms with Crippen molar-refractivity contribution in [3.8, 4) is 5.69 Å². The summed E-state index contributed by atoms with van der Waals surface area (Å²) < 4.78 is 14.1. The van der Waals surface area contributed by atoms with Crippen molar-refractivity contribution in [2.75, 3.05) is 0 Å². The van der Waals surface area contributed by atoms with Crippen LogP contribution in [0.2, 0.25) is 0 Å². The van der Waals surface area contributed by atoms with Crippen molar-refractivity contribution >= 4 is 11.6 Å². The van der Waals surface area contributed by atoms with Crippen LogP contribution in [0.15, 0.2) is 59.4 Å². The van der Waals surface area contributed by atoms with Crippen molar-refractivity contribution in [2.45, 2.75) is 13.5 Å². The zero-order valence-corrected chi connectivity index (χ0v) is 14.8. The fourth-order valence-corrected chi connectivity index (χ4v) is 2.61. The van der Waals surface area contributed by atoms with Crippen LogP contribution < -0.4 is 10.7 Å². The number of hydrogen-bond donors (Lipinski definition) is 1. The van der Waals surface area contributed by atoms with Crippen LogP contribution in [0.3, 0.4) is 0 Å². The smallest absolute Gasteiger partial charge is 0.294 e. The van der Waals surface area contributed by atoms with Gasteiger partial charge in [0.1, 0.15) is 11.5 Å². The van der Waals surface area contributed by atoms with Gasteiger partial charge in [-0.05, 0) is 30.7 Å². The number of amides is 1. The van der Waals surface area contributed by atoms with Crippen LogP contribution in [0.5, 0.6) is 0 Å². The zero-order chi connectivity index (χ0) is 20.3. The van der Waals surface area contributed by atoms with Crippen molar-refractivity contribution in [2.24, 2.45) is 0 Å². The Kier molecular flexibility index (Phi) is 5.25. The molecular formula is C19H15FN4O4. The van der Waals surface area contributed by atoms with E-state index in [1.165, 1.54) is 53.2 Å². The van der Waals surface area contributed by atoms with Gasteiger partial charge in [0.2, 0.25) is 5.43 Å². The Morgan fingerprint density at radius 1 is 1.21 bits per heavy atom. The summed E-state index contributed by atoms with van der Waals surface area (Å²) in [6, 6.07) is 12.6. The lowest BCUT2D eigenvalue weighted by Gasteiger charge is -2.11. The molecule has 28 heavy (non-hydrogen) atoms. The van der Waals surface area contributed by atoms with Gasteiger partial charge in [-0.1, -0.05) is 24.3 Å². The van der Waals surface area contributed by atoms with Gasteiger partial charge in [0.25, 0.3) is 11.6 Å². The predicted octanol–water partition coefficient (Wildman–Crippen LogP) is 2.52. The van der Waals surface area contributed by atoms with Gasteiger partial charge in [0.05, 0.1) is 4.92 Å². The molecule has 2 aromatic carbocycles. The molecule has 0 fully saturated rings. The van der Waals surface area contributed by atoms with E-state index in [1.807, 2.05) is 0 Å². The second-order valence-electron chi connectivity index (χ2n) is 5.97. The summed E-state index contributed by atoms with van der Waals surface area (Å²) in [7, 11) is 0. The van der Waals surface area contributed by atoms with Crippen molar-refractivity contribution in [1.82, 2.24) is 15.1 Å². The summed E-state index contributed by atoms with van der Waals surface area (Å²) in [6.07, 6.45) is 0. The number of carbonyl (C=O) groups excluding carboxylic acids is 1. The molecule has 0 radical (unpaired) electrons. The molecule has 8 nitrogen and oxygen atoms in total. The maximum Gasteiger partial charge on any atom is 0.294 e. The van der Waals surface area contributed by atoms with E-state index in [4.69, 9.17) is 0 Å². The van der Waals surface area contributed by atoms with Gasteiger partial charge in [-0.15, -0.1) is 0 Å². The molecule has 0 atom stereocenters. The Balaban J connectivity index is 1.93. The van der Waals surface area contributed by atoms with Crippen LogP contribution >= 0.6 is 0 Å². The summed E-state index contributed by atoms with van der Waals surface area (Å²) in [5, 5.41) is 17.9. The molecule has 3 rings (SSSR count). The number of aryl methyl sites for hydroxylation is 1. The van der Waals surface area contributed by atoms with Crippen molar-refractivity contribution in [1.29, 1.82) is 0 Å². The van der Waals surface area contributed by atoms with Crippen LogP contribution in [0, 0.1) is 22.9 Å².